The molecule has 0 atom stereocenters. The number of hydrogen-bond acceptors (Lipinski definition) is 5. The van der Waals surface area contributed by atoms with Gasteiger partial charge in [0.1, 0.15) is 5.75 Å². The summed E-state index contributed by atoms with van der Waals surface area (Å²) in [6.45, 7) is 4.99. The third kappa shape index (κ3) is 9.27. The van der Waals surface area contributed by atoms with E-state index in [4.69, 9.17) is 14.2 Å². The van der Waals surface area contributed by atoms with Crippen LogP contribution in [0.1, 0.15) is 74.7 Å². The maximum Gasteiger partial charge on any atom is 0.338 e. The minimum atomic E-state index is -0.429. The number of rotatable bonds is 13. The Balaban J connectivity index is 2.70. The van der Waals surface area contributed by atoms with Gasteiger partial charge < -0.3 is 14.2 Å². The van der Waals surface area contributed by atoms with E-state index in [-0.39, 0.29) is 0 Å². The third-order valence-electron chi connectivity index (χ3n) is 4.10. The summed E-state index contributed by atoms with van der Waals surface area (Å²) in [4.78, 5) is 24.2. The van der Waals surface area contributed by atoms with Gasteiger partial charge in [0.05, 0.1) is 25.9 Å². The van der Waals surface area contributed by atoms with E-state index in [0.717, 1.165) is 32.1 Å². The largest absolute Gasteiger partial charge is 0.497 e. The van der Waals surface area contributed by atoms with E-state index in [2.05, 4.69) is 6.92 Å². The number of carbonyl (C=O) groups is 2. The molecule has 150 valence electrons. The molecule has 0 aliphatic carbocycles. The van der Waals surface area contributed by atoms with Crippen molar-refractivity contribution in [2.24, 2.45) is 0 Å². The highest BCUT2D eigenvalue weighted by molar-refractivity contribution is 5.96. The molecule has 0 aromatic heterocycles. The molecule has 0 fully saturated rings. The van der Waals surface area contributed by atoms with Crippen molar-refractivity contribution in [3.63, 3.8) is 0 Å². The molecular weight excluding hydrogens is 344 g/mol. The Morgan fingerprint density at radius 3 is 2.33 bits per heavy atom. The molecule has 0 bridgehead atoms. The molecular formula is C22H32O5. The molecule has 0 heterocycles. The Labute approximate surface area is 162 Å². The van der Waals surface area contributed by atoms with Gasteiger partial charge in [0.25, 0.3) is 0 Å². The zero-order valence-electron chi connectivity index (χ0n) is 16.8. The second-order valence-electron chi connectivity index (χ2n) is 6.36. The molecule has 0 unspecified atom stereocenters. The number of carbonyl (C=O) groups excluding carboxylic acids is 2. The number of methoxy groups -OCH3 is 1. The first kappa shape index (κ1) is 22.7. The lowest BCUT2D eigenvalue weighted by atomic mass is 10.1. The van der Waals surface area contributed by atoms with Crippen LogP contribution in [0.5, 0.6) is 5.75 Å². The number of hydrogen-bond donors (Lipinski definition) is 0. The van der Waals surface area contributed by atoms with Crippen LogP contribution in [0.15, 0.2) is 24.3 Å². The van der Waals surface area contributed by atoms with E-state index in [9.17, 15) is 9.59 Å². The van der Waals surface area contributed by atoms with Gasteiger partial charge >= 0.3 is 11.9 Å². The van der Waals surface area contributed by atoms with E-state index < -0.39 is 11.9 Å². The highest BCUT2D eigenvalue weighted by Gasteiger charge is 2.13. The molecule has 0 amide bonds. The summed E-state index contributed by atoms with van der Waals surface area (Å²) < 4.78 is 15.7. The topological polar surface area (TPSA) is 61.8 Å². The highest BCUT2D eigenvalue weighted by Crippen LogP contribution is 2.20. The number of ether oxygens (including phenoxy) is 3. The second kappa shape index (κ2) is 13.8. The van der Waals surface area contributed by atoms with Crippen molar-refractivity contribution < 1.29 is 23.8 Å². The smallest absolute Gasteiger partial charge is 0.338 e. The second-order valence-corrected chi connectivity index (χ2v) is 6.36. The fourth-order valence-electron chi connectivity index (χ4n) is 2.46. The molecule has 0 saturated carbocycles. The lowest BCUT2D eigenvalue weighted by Crippen LogP contribution is -2.09. The zero-order valence-corrected chi connectivity index (χ0v) is 16.8. The molecule has 0 radical (unpaired) electrons. The Kier molecular flexibility index (Phi) is 11.7. The van der Waals surface area contributed by atoms with Crippen LogP contribution in [-0.2, 0) is 14.3 Å². The van der Waals surface area contributed by atoms with Crippen LogP contribution in [0, 0.1) is 0 Å². The van der Waals surface area contributed by atoms with E-state index in [0.29, 0.717) is 30.1 Å². The first-order valence-electron chi connectivity index (χ1n) is 9.82. The van der Waals surface area contributed by atoms with E-state index in [1.807, 2.05) is 6.92 Å². The molecule has 0 aliphatic rings. The predicted octanol–water partition coefficient (Wildman–Crippen LogP) is 5.18. The molecule has 0 saturated heterocycles. The van der Waals surface area contributed by atoms with Gasteiger partial charge in [-0.25, -0.2) is 9.59 Å². The van der Waals surface area contributed by atoms with Gasteiger partial charge in [0.2, 0.25) is 0 Å². The van der Waals surface area contributed by atoms with Crippen molar-refractivity contribution in [2.45, 2.75) is 58.8 Å². The van der Waals surface area contributed by atoms with Crippen LogP contribution in [0.4, 0.5) is 0 Å². The van der Waals surface area contributed by atoms with Gasteiger partial charge in [-0.2, -0.15) is 0 Å². The Morgan fingerprint density at radius 1 is 0.926 bits per heavy atom. The van der Waals surface area contributed by atoms with Crippen LogP contribution in [0.2, 0.25) is 0 Å². The van der Waals surface area contributed by atoms with Gasteiger partial charge in [-0.1, -0.05) is 46.0 Å². The lowest BCUT2D eigenvalue weighted by Gasteiger charge is -2.09. The summed E-state index contributed by atoms with van der Waals surface area (Å²) in [5.74, 6) is -0.223. The average molecular weight is 376 g/mol. The van der Waals surface area contributed by atoms with Crippen LogP contribution >= 0.6 is 0 Å². The van der Waals surface area contributed by atoms with Crippen molar-refractivity contribution in [3.8, 4) is 5.75 Å². The molecule has 0 aliphatic heterocycles. The van der Waals surface area contributed by atoms with Crippen LogP contribution in [-0.4, -0.2) is 32.3 Å². The van der Waals surface area contributed by atoms with Crippen molar-refractivity contribution in [1.29, 1.82) is 0 Å². The SMILES string of the molecule is CCCCCCCOC(=O)c1ccc(OC)cc1/C=C/C(=O)OCCCC. The Bertz CT molecular complexity index is 607. The molecule has 27 heavy (non-hydrogen) atoms. The first-order valence-corrected chi connectivity index (χ1v) is 9.82. The van der Waals surface area contributed by atoms with Crippen LogP contribution in [0.25, 0.3) is 6.08 Å². The fourth-order valence-corrected chi connectivity index (χ4v) is 2.46. The molecule has 5 nitrogen and oxygen atoms in total. The summed E-state index contributed by atoms with van der Waals surface area (Å²) in [7, 11) is 1.55. The minimum absolute atomic E-state index is 0.394. The number of unbranched alkanes of at least 4 members (excludes halogenated alkanes) is 5. The van der Waals surface area contributed by atoms with Crippen molar-refractivity contribution >= 4 is 18.0 Å². The number of benzene rings is 1. The van der Waals surface area contributed by atoms with E-state index in [1.165, 1.54) is 18.9 Å². The van der Waals surface area contributed by atoms with Crippen molar-refractivity contribution in [2.75, 3.05) is 20.3 Å². The predicted molar refractivity (Wildman–Crippen MR) is 107 cm³/mol. The minimum Gasteiger partial charge on any atom is -0.497 e. The maximum absolute atomic E-state index is 12.4. The highest BCUT2D eigenvalue weighted by atomic mass is 16.5. The third-order valence-corrected chi connectivity index (χ3v) is 4.10. The lowest BCUT2D eigenvalue weighted by molar-refractivity contribution is -0.137. The molecule has 1 rings (SSSR count). The van der Waals surface area contributed by atoms with Crippen molar-refractivity contribution in [1.82, 2.24) is 0 Å². The van der Waals surface area contributed by atoms with Gasteiger partial charge in [0, 0.05) is 6.08 Å². The van der Waals surface area contributed by atoms with Gasteiger partial charge in [-0.05, 0) is 42.7 Å². The summed E-state index contributed by atoms with van der Waals surface area (Å²) >= 11 is 0. The van der Waals surface area contributed by atoms with Gasteiger partial charge in [0.15, 0.2) is 0 Å². The summed E-state index contributed by atoms with van der Waals surface area (Å²) in [5.41, 5.74) is 0.972. The first-order chi connectivity index (χ1) is 13.1. The zero-order chi connectivity index (χ0) is 19.9. The van der Waals surface area contributed by atoms with E-state index in [1.54, 1.807) is 31.4 Å². The Hall–Kier alpha value is -2.30. The monoisotopic (exact) mass is 376 g/mol. The Morgan fingerprint density at radius 2 is 1.63 bits per heavy atom. The van der Waals surface area contributed by atoms with Crippen molar-refractivity contribution in [3.05, 3.63) is 35.4 Å². The summed E-state index contributed by atoms with van der Waals surface area (Å²) in [6.07, 6.45) is 10.1. The summed E-state index contributed by atoms with van der Waals surface area (Å²) in [6, 6.07) is 5.06. The standard InChI is InChI=1S/C22H32O5/c1-4-6-8-9-10-16-27-22(24)20-13-12-19(25-3)17-18(20)11-14-21(23)26-15-7-5-2/h11-14,17H,4-10,15-16H2,1-3H3/b14-11+. The maximum atomic E-state index is 12.4. The molecule has 5 heteroatoms. The molecule has 1 aromatic carbocycles. The fraction of sp³-hybridized carbons (Fsp3) is 0.545. The van der Waals surface area contributed by atoms with E-state index >= 15 is 0 Å². The molecule has 0 spiro atoms. The number of esters is 2. The quantitative estimate of drug-likeness (QED) is 0.270. The normalized spacial score (nSPS) is 10.8. The molecule has 0 N–H and O–H groups in total. The average Bonchev–Trinajstić information content (AvgIpc) is 2.68. The van der Waals surface area contributed by atoms with Gasteiger partial charge in [-0.3, -0.25) is 0 Å². The van der Waals surface area contributed by atoms with Crippen LogP contribution < -0.4 is 4.74 Å². The van der Waals surface area contributed by atoms with Gasteiger partial charge in [-0.15, -0.1) is 0 Å². The molecule has 1 aromatic rings. The van der Waals surface area contributed by atoms with Crippen LogP contribution in [0.3, 0.4) is 0 Å². The summed E-state index contributed by atoms with van der Waals surface area (Å²) in [5, 5.41) is 0.